The van der Waals surface area contributed by atoms with Gasteiger partial charge < -0.3 is 5.11 Å². The summed E-state index contributed by atoms with van der Waals surface area (Å²) in [5.41, 5.74) is 0.172. The van der Waals surface area contributed by atoms with E-state index in [0.717, 1.165) is 12.3 Å². The van der Waals surface area contributed by atoms with Crippen LogP contribution in [0.5, 0.6) is 0 Å². The van der Waals surface area contributed by atoms with Gasteiger partial charge in [-0.25, -0.2) is 0 Å². The van der Waals surface area contributed by atoms with Gasteiger partial charge in [0.1, 0.15) is 0 Å². The highest BCUT2D eigenvalue weighted by atomic mass is 19.4. The first kappa shape index (κ1) is 11.5. The topological polar surface area (TPSA) is 50.2 Å². The Kier molecular flexibility index (Phi) is 2.97. The molecule has 0 saturated heterocycles. The summed E-state index contributed by atoms with van der Waals surface area (Å²) in [5.74, 6) is -4.43. The Hall–Kier alpha value is -1.59. The average Bonchev–Trinajstić information content (AvgIpc) is 2.05. The van der Waals surface area contributed by atoms with Crippen LogP contribution >= 0.6 is 0 Å². The fourth-order valence-electron chi connectivity index (χ4n) is 1.12. The third-order valence-corrected chi connectivity index (χ3v) is 1.84. The highest BCUT2D eigenvalue weighted by Crippen LogP contribution is 2.34. The maximum absolute atomic E-state index is 12.3. The van der Waals surface area contributed by atoms with Crippen molar-refractivity contribution >= 4 is 5.97 Å². The third-order valence-electron chi connectivity index (χ3n) is 1.84. The zero-order chi connectivity index (χ0) is 11.6. The molecular weight excluding hydrogens is 211 g/mol. The molecule has 15 heavy (non-hydrogen) atoms. The van der Waals surface area contributed by atoms with Crippen molar-refractivity contribution in [2.75, 3.05) is 0 Å². The van der Waals surface area contributed by atoms with Gasteiger partial charge in [0.2, 0.25) is 0 Å². The van der Waals surface area contributed by atoms with Crippen LogP contribution in [0.15, 0.2) is 18.3 Å². The number of nitrogens with zero attached hydrogens (tertiary/aromatic N) is 1. The lowest BCUT2D eigenvalue weighted by Gasteiger charge is -2.15. The number of aromatic nitrogens is 1. The van der Waals surface area contributed by atoms with Crippen LogP contribution in [0.25, 0.3) is 0 Å². The molecule has 0 bridgehead atoms. The molecule has 0 saturated carbocycles. The van der Waals surface area contributed by atoms with E-state index in [4.69, 9.17) is 5.11 Å². The summed E-state index contributed by atoms with van der Waals surface area (Å²) in [4.78, 5) is 14.1. The normalized spacial score (nSPS) is 13.6. The molecule has 1 aromatic rings. The number of halogens is 3. The summed E-state index contributed by atoms with van der Waals surface area (Å²) in [7, 11) is 0. The van der Waals surface area contributed by atoms with E-state index < -0.39 is 18.1 Å². The second-order valence-electron chi connectivity index (χ2n) is 3.05. The van der Waals surface area contributed by atoms with Gasteiger partial charge in [-0.05, 0) is 18.6 Å². The highest BCUT2D eigenvalue weighted by molar-refractivity contribution is 5.77. The van der Waals surface area contributed by atoms with E-state index in [9.17, 15) is 18.0 Å². The predicted molar refractivity (Wildman–Crippen MR) is 45.4 cm³/mol. The number of alkyl halides is 3. The van der Waals surface area contributed by atoms with Gasteiger partial charge in [-0.3, -0.25) is 9.78 Å². The van der Waals surface area contributed by atoms with Crippen LogP contribution in [0.4, 0.5) is 13.2 Å². The molecule has 6 heteroatoms. The van der Waals surface area contributed by atoms with Gasteiger partial charge in [0, 0.05) is 11.9 Å². The lowest BCUT2D eigenvalue weighted by molar-refractivity contribution is -0.176. The van der Waals surface area contributed by atoms with Crippen molar-refractivity contribution in [2.45, 2.75) is 19.0 Å². The monoisotopic (exact) mass is 219 g/mol. The van der Waals surface area contributed by atoms with E-state index in [0.29, 0.717) is 5.69 Å². The largest absolute Gasteiger partial charge is 0.481 e. The molecule has 1 aromatic heterocycles. The number of pyridine rings is 1. The maximum Gasteiger partial charge on any atom is 0.406 e. The highest BCUT2D eigenvalue weighted by Gasteiger charge is 2.46. The number of hydrogen-bond acceptors (Lipinski definition) is 2. The molecule has 0 aromatic carbocycles. The summed E-state index contributed by atoms with van der Waals surface area (Å²) in [6.45, 7) is 1.60. The number of carboxylic acid groups (broad SMARTS) is 1. The molecule has 1 rings (SSSR count). The Morgan fingerprint density at radius 3 is 2.40 bits per heavy atom. The molecule has 0 aliphatic heterocycles. The summed E-state index contributed by atoms with van der Waals surface area (Å²) in [5, 5.41) is 8.48. The molecule has 82 valence electrons. The molecule has 0 amide bonds. The summed E-state index contributed by atoms with van der Waals surface area (Å²) >= 11 is 0. The minimum atomic E-state index is -4.80. The van der Waals surface area contributed by atoms with Crippen molar-refractivity contribution < 1.29 is 23.1 Å². The first-order chi connectivity index (χ1) is 6.82. The average molecular weight is 219 g/mol. The molecule has 1 N–H and O–H groups in total. The number of aryl methyl sites for hydroxylation is 1. The van der Waals surface area contributed by atoms with Crippen molar-refractivity contribution in [3.05, 3.63) is 29.6 Å². The summed E-state index contributed by atoms with van der Waals surface area (Å²) in [6.07, 6.45) is -3.87. The molecule has 0 radical (unpaired) electrons. The van der Waals surface area contributed by atoms with Gasteiger partial charge in [-0.2, -0.15) is 13.2 Å². The lowest BCUT2D eigenvalue weighted by atomic mass is 10.0. The van der Waals surface area contributed by atoms with Crippen LogP contribution in [0.2, 0.25) is 0 Å². The van der Waals surface area contributed by atoms with Crippen LogP contribution in [-0.2, 0) is 4.79 Å². The van der Waals surface area contributed by atoms with E-state index in [1.165, 1.54) is 6.07 Å². The predicted octanol–water partition coefficient (Wildman–Crippen LogP) is 2.12. The Morgan fingerprint density at radius 2 is 2.07 bits per heavy atom. The molecule has 0 aliphatic carbocycles. The van der Waals surface area contributed by atoms with E-state index in [1.54, 1.807) is 6.92 Å². The van der Waals surface area contributed by atoms with Gasteiger partial charge in [-0.1, -0.05) is 6.07 Å². The molecular formula is C9H8F3NO2. The van der Waals surface area contributed by atoms with Crippen molar-refractivity contribution in [2.24, 2.45) is 0 Å². The second kappa shape index (κ2) is 3.88. The SMILES string of the molecule is Cc1ccc(C(C(=O)O)C(F)(F)F)cn1. The fourth-order valence-corrected chi connectivity index (χ4v) is 1.12. The molecule has 0 spiro atoms. The van der Waals surface area contributed by atoms with Crippen LogP contribution in [0, 0.1) is 6.92 Å². The van der Waals surface area contributed by atoms with Crippen molar-refractivity contribution in [1.29, 1.82) is 0 Å². The molecule has 1 heterocycles. The number of carboxylic acids is 1. The zero-order valence-electron chi connectivity index (χ0n) is 7.75. The Bertz CT molecular complexity index is 359. The molecule has 0 aliphatic rings. The lowest BCUT2D eigenvalue weighted by Crippen LogP contribution is -2.28. The van der Waals surface area contributed by atoms with Crippen molar-refractivity contribution in [3.8, 4) is 0 Å². The van der Waals surface area contributed by atoms with Gasteiger partial charge in [0.15, 0.2) is 5.92 Å². The quantitative estimate of drug-likeness (QED) is 0.828. The van der Waals surface area contributed by atoms with E-state index in [1.807, 2.05) is 0 Å². The van der Waals surface area contributed by atoms with Crippen LogP contribution in [0.3, 0.4) is 0 Å². The minimum absolute atomic E-state index is 0.361. The number of hydrogen-bond donors (Lipinski definition) is 1. The van der Waals surface area contributed by atoms with Gasteiger partial charge in [-0.15, -0.1) is 0 Å². The summed E-state index contributed by atoms with van der Waals surface area (Å²) < 4.78 is 37.0. The molecule has 1 atom stereocenters. The summed E-state index contributed by atoms with van der Waals surface area (Å²) in [6, 6.07) is 2.46. The molecule has 3 nitrogen and oxygen atoms in total. The zero-order valence-corrected chi connectivity index (χ0v) is 7.75. The van der Waals surface area contributed by atoms with Gasteiger partial charge in [0.25, 0.3) is 0 Å². The molecule has 1 unspecified atom stereocenters. The van der Waals surface area contributed by atoms with Crippen LogP contribution in [-0.4, -0.2) is 22.2 Å². The minimum Gasteiger partial charge on any atom is -0.481 e. The van der Waals surface area contributed by atoms with Crippen molar-refractivity contribution in [1.82, 2.24) is 4.98 Å². The maximum atomic E-state index is 12.3. The Labute approximate surface area is 83.6 Å². The van der Waals surface area contributed by atoms with Crippen LogP contribution in [0.1, 0.15) is 17.2 Å². The van der Waals surface area contributed by atoms with Crippen LogP contribution < -0.4 is 0 Å². The number of rotatable bonds is 2. The molecule has 0 fully saturated rings. The number of aliphatic carboxylic acids is 1. The Morgan fingerprint density at radius 1 is 1.47 bits per heavy atom. The second-order valence-corrected chi connectivity index (χ2v) is 3.05. The van der Waals surface area contributed by atoms with E-state index in [-0.39, 0.29) is 5.56 Å². The van der Waals surface area contributed by atoms with Gasteiger partial charge >= 0.3 is 12.1 Å². The van der Waals surface area contributed by atoms with Gasteiger partial charge in [0.05, 0.1) is 0 Å². The smallest absolute Gasteiger partial charge is 0.406 e. The van der Waals surface area contributed by atoms with E-state index >= 15 is 0 Å². The van der Waals surface area contributed by atoms with E-state index in [2.05, 4.69) is 4.98 Å². The standard InChI is InChI=1S/C9H8F3NO2/c1-5-2-3-6(4-13-5)7(8(14)15)9(10,11)12/h2-4,7H,1H3,(H,14,15). The fraction of sp³-hybridized carbons (Fsp3) is 0.333. The third kappa shape index (κ3) is 2.68. The van der Waals surface area contributed by atoms with Crippen molar-refractivity contribution in [3.63, 3.8) is 0 Å². The number of carbonyl (C=O) groups is 1. The Balaban J connectivity index is 3.11. The first-order valence-corrected chi connectivity index (χ1v) is 4.04. The first-order valence-electron chi connectivity index (χ1n) is 4.04.